The third kappa shape index (κ3) is 3.91. The highest BCUT2D eigenvalue weighted by atomic mass is 19.1. The Kier molecular flexibility index (Phi) is 5.39. The second-order valence-electron chi connectivity index (χ2n) is 9.48. The molecular formula is C26H29FN2O2. The van der Waals surface area contributed by atoms with E-state index in [2.05, 4.69) is 17.1 Å². The molecule has 7 atom stereocenters. The Morgan fingerprint density at radius 3 is 2.81 bits per heavy atom. The molecule has 4 unspecified atom stereocenters. The molecule has 1 aromatic heterocycles. The molecule has 1 saturated heterocycles. The van der Waals surface area contributed by atoms with Crippen LogP contribution in [0.5, 0.6) is 0 Å². The van der Waals surface area contributed by atoms with Gasteiger partial charge in [-0.15, -0.1) is 0 Å². The van der Waals surface area contributed by atoms with Crippen molar-refractivity contribution in [2.75, 3.05) is 0 Å². The largest absolute Gasteiger partial charge is 0.462 e. The van der Waals surface area contributed by atoms with Crippen LogP contribution in [0.25, 0.3) is 17.2 Å². The first kappa shape index (κ1) is 20.4. The van der Waals surface area contributed by atoms with Gasteiger partial charge in [0, 0.05) is 23.7 Å². The number of nitrogens with zero attached hydrogens (tertiary/aromatic N) is 1. The van der Waals surface area contributed by atoms with Gasteiger partial charge in [0.1, 0.15) is 11.9 Å². The monoisotopic (exact) mass is 420 g/mol. The molecule has 2 heterocycles. The average Bonchev–Trinajstić information content (AvgIpc) is 3.04. The van der Waals surface area contributed by atoms with Crippen LogP contribution in [0.3, 0.4) is 0 Å². The third-order valence-corrected chi connectivity index (χ3v) is 7.62. The van der Waals surface area contributed by atoms with Gasteiger partial charge in [0.15, 0.2) is 0 Å². The maximum absolute atomic E-state index is 13.5. The van der Waals surface area contributed by atoms with Crippen LogP contribution in [0.15, 0.2) is 48.7 Å². The van der Waals surface area contributed by atoms with Crippen molar-refractivity contribution < 1.29 is 13.9 Å². The number of hydrogen-bond donors (Lipinski definition) is 1. The van der Waals surface area contributed by atoms with Crippen molar-refractivity contribution in [2.24, 2.45) is 35.3 Å². The highest BCUT2D eigenvalue weighted by Gasteiger charge is 2.54. The fraction of sp³-hybridized carbons (Fsp3) is 0.462. The van der Waals surface area contributed by atoms with Crippen LogP contribution < -0.4 is 5.73 Å². The number of hydrogen-bond acceptors (Lipinski definition) is 4. The molecular weight excluding hydrogens is 391 g/mol. The molecule has 162 valence electrons. The van der Waals surface area contributed by atoms with Crippen molar-refractivity contribution in [1.29, 1.82) is 0 Å². The molecule has 4 nitrogen and oxygen atoms in total. The summed E-state index contributed by atoms with van der Waals surface area (Å²) in [6, 6.07) is 10.7. The highest BCUT2D eigenvalue weighted by Crippen LogP contribution is 2.53. The molecule has 3 aliphatic rings. The van der Waals surface area contributed by atoms with Crippen LogP contribution in [0.1, 0.15) is 38.3 Å². The molecule has 0 radical (unpaired) electrons. The smallest absolute Gasteiger partial charge is 0.309 e. The lowest BCUT2D eigenvalue weighted by Gasteiger charge is -2.47. The van der Waals surface area contributed by atoms with Crippen molar-refractivity contribution in [3.63, 3.8) is 0 Å². The van der Waals surface area contributed by atoms with Gasteiger partial charge in [-0.3, -0.25) is 9.78 Å². The van der Waals surface area contributed by atoms with Crippen LogP contribution in [0.4, 0.5) is 4.39 Å². The molecule has 2 N–H and O–H groups in total. The molecule has 3 fully saturated rings. The lowest BCUT2D eigenvalue weighted by molar-refractivity contribution is -0.144. The van der Waals surface area contributed by atoms with E-state index in [1.807, 2.05) is 25.1 Å². The normalized spacial score (nSPS) is 34.9. The van der Waals surface area contributed by atoms with Crippen LogP contribution in [-0.2, 0) is 9.53 Å². The number of halogens is 1. The molecule has 2 aliphatic carbocycles. The molecule has 1 aromatic carbocycles. The van der Waals surface area contributed by atoms with Gasteiger partial charge in [0.25, 0.3) is 0 Å². The summed E-state index contributed by atoms with van der Waals surface area (Å²) in [5, 5.41) is 0. The maximum atomic E-state index is 13.5. The van der Waals surface area contributed by atoms with E-state index in [9.17, 15) is 9.18 Å². The predicted molar refractivity (Wildman–Crippen MR) is 118 cm³/mol. The fourth-order valence-corrected chi connectivity index (χ4v) is 6.20. The number of pyridine rings is 1. The number of esters is 1. The summed E-state index contributed by atoms with van der Waals surface area (Å²) in [5.41, 5.74) is 8.82. The van der Waals surface area contributed by atoms with Gasteiger partial charge in [0.05, 0.1) is 11.6 Å². The van der Waals surface area contributed by atoms with Crippen LogP contribution in [0, 0.1) is 35.4 Å². The zero-order valence-electron chi connectivity index (χ0n) is 17.8. The Bertz CT molecular complexity index is 989. The van der Waals surface area contributed by atoms with E-state index in [0.717, 1.165) is 42.5 Å². The third-order valence-electron chi connectivity index (χ3n) is 7.62. The zero-order chi connectivity index (χ0) is 21.5. The SMILES string of the molecule is C[C@H]1OC(=O)C2C[C@@H]3CC(N)CCC3C(/C=C/c3ccc(-c4cccc(F)c4)cn3)[C@@H]21. The van der Waals surface area contributed by atoms with Gasteiger partial charge in [-0.1, -0.05) is 24.3 Å². The minimum atomic E-state index is -0.252. The molecule has 0 spiro atoms. The summed E-state index contributed by atoms with van der Waals surface area (Å²) in [7, 11) is 0. The summed E-state index contributed by atoms with van der Waals surface area (Å²) >= 11 is 0. The fourth-order valence-electron chi connectivity index (χ4n) is 6.20. The second-order valence-corrected chi connectivity index (χ2v) is 9.48. The Morgan fingerprint density at radius 1 is 1.16 bits per heavy atom. The van der Waals surface area contributed by atoms with E-state index in [-0.39, 0.29) is 35.8 Å². The second kappa shape index (κ2) is 8.19. The molecule has 1 aliphatic heterocycles. The number of allylic oxidation sites excluding steroid dienone is 1. The topological polar surface area (TPSA) is 65.2 Å². The molecule has 2 saturated carbocycles. The van der Waals surface area contributed by atoms with Gasteiger partial charge >= 0.3 is 5.97 Å². The number of ether oxygens (including phenoxy) is 1. The van der Waals surface area contributed by atoms with Gasteiger partial charge in [0.2, 0.25) is 0 Å². The number of fused-ring (bicyclic) bond motifs is 2. The Labute approximate surface area is 182 Å². The molecule has 31 heavy (non-hydrogen) atoms. The van der Waals surface area contributed by atoms with Crippen molar-refractivity contribution in [2.45, 2.75) is 44.8 Å². The number of nitrogens with two attached hydrogens (primary N) is 1. The van der Waals surface area contributed by atoms with Crippen molar-refractivity contribution in [1.82, 2.24) is 4.98 Å². The predicted octanol–water partition coefficient (Wildman–Crippen LogP) is 4.84. The summed E-state index contributed by atoms with van der Waals surface area (Å²) in [6.07, 6.45) is 10.1. The van der Waals surface area contributed by atoms with Crippen LogP contribution >= 0.6 is 0 Å². The van der Waals surface area contributed by atoms with Gasteiger partial charge in [-0.2, -0.15) is 0 Å². The van der Waals surface area contributed by atoms with Crippen molar-refractivity contribution >= 4 is 12.0 Å². The lowest BCUT2D eigenvalue weighted by atomic mass is 9.57. The quantitative estimate of drug-likeness (QED) is 0.722. The van der Waals surface area contributed by atoms with E-state index < -0.39 is 0 Å². The van der Waals surface area contributed by atoms with E-state index in [4.69, 9.17) is 10.5 Å². The Balaban J connectivity index is 1.39. The number of cyclic esters (lactones) is 1. The van der Waals surface area contributed by atoms with Gasteiger partial charge in [-0.25, -0.2) is 4.39 Å². The summed E-state index contributed by atoms with van der Waals surface area (Å²) in [5.74, 6) is 1.25. The number of benzene rings is 1. The lowest BCUT2D eigenvalue weighted by Crippen LogP contribution is -2.46. The first-order valence-corrected chi connectivity index (χ1v) is 11.4. The number of rotatable bonds is 3. The highest BCUT2D eigenvalue weighted by molar-refractivity contribution is 5.75. The Hall–Kier alpha value is -2.53. The molecule has 5 rings (SSSR count). The first-order valence-electron chi connectivity index (χ1n) is 11.4. The van der Waals surface area contributed by atoms with Crippen molar-refractivity contribution in [3.8, 4) is 11.1 Å². The van der Waals surface area contributed by atoms with E-state index >= 15 is 0 Å². The van der Waals surface area contributed by atoms with Crippen molar-refractivity contribution in [3.05, 3.63) is 60.2 Å². The molecule has 5 heteroatoms. The van der Waals surface area contributed by atoms with Gasteiger partial charge < -0.3 is 10.5 Å². The minimum absolute atomic E-state index is 0.0143. The molecule has 2 aromatic rings. The standard InChI is InChI=1S/C26H29FN2O2/c1-15-25-23(22-9-6-20(28)12-18(22)13-24(25)26(30)31-15)10-8-21-7-5-17(14-29-21)16-3-2-4-19(27)11-16/h2-5,7-8,10-11,14-15,18,20,22-25H,6,9,12-13,28H2,1H3/b10-8+/t15-,18+,20?,22?,23?,24?,25+/m1/s1. The number of carbonyl (C=O) groups is 1. The maximum Gasteiger partial charge on any atom is 0.309 e. The number of aromatic nitrogens is 1. The van der Waals surface area contributed by atoms with E-state index in [1.165, 1.54) is 12.1 Å². The summed E-state index contributed by atoms with van der Waals surface area (Å²) < 4.78 is 19.2. The minimum Gasteiger partial charge on any atom is -0.462 e. The Morgan fingerprint density at radius 2 is 2.03 bits per heavy atom. The van der Waals surface area contributed by atoms with Crippen LogP contribution in [-0.4, -0.2) is 23.1 Å². The van der Waals surface area contributed by atoms with E-state index in [0.29, 0.717) is 17.8 Å². The summed E-state index contributed by atoms with van der Waals surface area (Å²) in [6.45, 7) is 2.03. The van der Waals surface area contributed by atoms with E-state index in [1.54, 1.807) is 12.3 Å². The zero-order valence-corrected chi connectivity index (χ0v) is 17.8. The summed E-state index contributed by atoms with van der Waals surface area (Å²) in [4.78, 5) is 17.1. The average molecular weight is 421 g/mol. The number of carbonyl (C=O) groups excluding carboxylic acids is 1. The first-order chi connectivity index (χ1) is 15.0. The molecule has 0 amide bonds. The van der Waals surface area contributed by atoms with Gasteiger partial charge in [-0.05, 0) is 80.2 Å². The van der Waals surface area contributed by atoms with Crippen LogP contribution in [0.2, 0.25) is 0 Å². The molecule has 0 bridgehead atoms.